The molecule has 3 N–H and O–H groups in total. The topological polar surface area (TPSA) is 55.1 Å². The summed E-state index contributed by atoms with van der Waals surface area (Å²) in [4.78, 5) is 12.4. The minimum absolute atomic E-state index is 0.0211. The number of nitrogen functional groups attached to an aromatic ring is 1. The van der Waals surface area contributed by atoms with E-state index in [2.05, 4.69) is 21.2 Å². The molecule has 0 spiro atoms. The summed E-state index contributed by atoms with van der Waals surface area (Å²) >= 11 is 9.46. The molecule has 0 radical (unpaired) electrons. The minimum Gasteiger partial charge on any atom is -0.399 e. The number of rotatable bonds is 2. The van der Waals surface area contributed by atoms with Crippen LogP contribution in [0.3, 0.4) is 0 Å². The number of nitrogens with two attached hydrogens (primary N) is 1. The van der Waals surface area contributed by atoms with E-state index in [1.165, 1.54) is 5.56 Å². The number of carbonyl (C=O) groups is 1. The first kappa shape index (κ1) is 14.4. The van der Waals surface area contributed by atoms with Gasteiger partial charge in [0.25, 0.3) is 5.91 Å². The van der Waals surface area contributed by atoms with E-state index in [1.807, 2.05) is 24.3 Å². The second-order valence-electron chi connectivity index (χ2n) is 5.15. The minimum atomic E-state index is -0.151. The molecule has 1 atom stereocenters. The molecule has 0 aromatic heterocycles. The molecule has 5 heteroatoms. The highest BCUT2D eigenvalue weighted by Crippen LogP contribution is 2.33. The van der Waals surface area contributed by atoms with Crippen LogP contribution in [0.25, 0.3) is 0 Å². The smallest absolute Gasteiger partial charge is 0.253 e. The molecular weight excluding hydrogens is 352 g/mol. The monoisotopic (exact) mass is 364 g/mol. The number of carbonyl (C=O) groups excluding carboxylic acids is 1. The Morgan fingerprint density at radius 2 is 2.10 bits per heavy atom. The average molecular weight is 366 g/mol. The van der Waals surface area contributed by atoms with Crippen LogP contribution in [0.5, 0.6) is 0 Å². The van der Waals surface area contributed by atoms with Crippen molar-refractivity contribution in [3.05, 3.63) is 62.6 Å². The maximum Gasteiger partial charge on any atom is 0.253 e. The first-order valence-corrected chi connectivity index (χ1v) is 7.86. The lowest BCUT2D eigenvalue weighted by atomic mass is 10.1. The van der Waals surface area contributed by atoms with E-state index >= 15 is 0 Å². The molecule has 0 saturated carbocycles. The molecule has 2 aromatic rings. The van der Waals surface area contributed by atoms with Gasteiger partial charge in [-0.1, -0.05) is 33.6 Å². The third-order valence-electron chi connectivity index (χ3n) is 3.73. The number of halogens is 2. The lowest BCUT2D eigenvalue weighted by molar-refractivity contribution is 0.0937. The van der Waals surface area contributed by atoms with E-state index in [4.69, 9.17) is 17.3 Å². The fraction of sp³-hybridized carbons (Fsp3) is 0.188. The summed E-state index contributed by atoms with van der Waals surface area (Å²) in [5.74, 6) is -0.151. The van der Waals surface area contributed by atoms with Crippen LogP contribution in [-0.2, 0) is 6.42 Å². The van der Waals surface area contributed by atoms with Crippen LogP contribution in [0.15, 0.2) is 40.9 Å². The molecule has 0 heterocycles. The van der Waals surface area contributed by atoms with Crippen LogP contribution < -0.4 is 11.1 Å². The Bertz CT molecular complexity index is 717. The Balaban J connectivity index is 1.81. The van der Waals surface area contributed by atoms with Gasteiger partial charge in [-0.3, -0.25) is 4.79 Å². The second kappa shape index (κ2) is 5.70. The van der Waals surface area contributed by atoms with E-state index in [0.717, 1.165) is 28.6 Å². The predicted molar refractivity (Wildman–Crippen MR) is 88.5 cm³/mol. The van der Waals surface area contributed by atoms with Gasteiger partial charge in [0.05, 0.1) is 16.6 Å². The summed E-state index contributed by atoms with van der Waals surface area (Å²) < 4.78 is 0.853. The van der Waals surface area contributed by atoms with Crippen LogP contribution in [0.1, 0.15) is 33.9 Å². The van der Waals surface area contributed by atoms with E-state index < -0.39 is 0 Å². The summed E-state index contributed by atoms with van der Waals surface area (Å²) in [6.07, 6.45) is 1.82. The lowest BCUT2D eigenvalue weighted by Crippen LogP contribution is -2.27. The van der Waals surface area contributed by atoms with Crippen molar-refractivity contribution in [3.8, 4) is 0 Å². The van der Waals surface area contributed by atoms with Gasteiger partial charge in [0.15, 0.2) is 0 Å². The number of fused-ring (bicyclic) bond motifs is 1. The van der Waals surface area contributed by atoms with Crippen molar-refractivity contribution in [3.63, 3.8) is 0 Å². The van der Waals surface area contributed by atoms with Crippen LogP contribution in [0, 0.1) is 0 Å². The average Bonchev–Trinajstić information content (AvgIpc) is 2.80. The van der Waals surface area contributed by atoms with Crippen molar-refractivity contribution >= 4 is 39.1 Å². The first-order valence-electron chi connectivity index (χ1n) is 6.69. The fourth-order valence-corrected chi connectivity index (χ4v) is 3.46. The molecule has 1 aliphatic carbocycles. The van der Waals surface area contributed by atoms with Crippen molar-refractivity contribution in [2.24, 2.45) is 0 Å². The zero-order chi connectivity index (χ0) is 15.0. The van der Waals surface area contributed by atoms with Gasteiger partial charge in [-0.15, -0.1) is 0 Å². The van der Waals surface area contributed by atoms with Gasteiger partial charge in [0, 0.05) is 10.2 Å². The van der Waals surface area contributed by atoms with E-state index in [-0.39, 0.29) is 11.9 Å². The Kier molecular flexibility index (Phi) is 3.91. The molecule has 1 unspecified atom stereocenters. The van der Waals surface area contributed by atoms with Crippen molar-refractivity contribution in [2.45, 2.75) is 18.9 Å². The van der Waals surface area contributed by atoms with Gasteiger partial charge >= 0.3 is 0 Å². The van der Waals surface area contributed by atoms with Gasteiger partial charge < -0.3 is 11.1 Å². The van der Waals surface area contributed by atoms with Gasteiger partial charge in [-0.2, -0.15) is 0 Å². The molecule has 1 amide bonds. The highest BCUT2D eigenvalue weighted by atomic mass is 79.9. The van der Waals surface area contributed by atoms with Gasteiger partial charge in [0.2, 0.25) is 0 Å². The number of anilines is 1. The summed E-state index contributed by atoms with van der Waals surface area (Å²) in [5.41, 5.74) is 9.40. The molecule has 3 nitrogen and oxygen atoms in total. The summed E-state index contributed by atoms with van der Waals surface area (Å²) in [5, 5.41) is 3.49. The van der Waals surface area contributed by atoms with Crippen molar-refractivity contribution in [2.75, 3.05) is 5.73 Å². The molecule has 0 aliphatic heterocycles. The van der Waals surface area contributed by atoms with Crippen molar-refractivity contribution in [1.82, 2.24) is 5.32 Å². The summed E-state index contributed by atoms with van der Waals surface area (Å²) in [6, 6.07) is 11.1. The Morgan fingerprint density at radius 1 is 1.29 bits per heavy atom. The highest BCUT2D eigenvalue weighted by molar-refractivity contribution is 9.10. The SMILES string of the molecule is Nc1ccc2c(c1)CCC2NC(=O)c1ccc(Br)cc1Cl. The standard InChI is InChI=1S/C16H14BrClN2O/c17-10-2-4-13(14(18)8-10)16(21)20-15-6-1-9-7-11(19)3-5-12(9)15/h2-5,7-8,15H,1,6,19H2,(H,20,21). The molecule has 0 bridgehead atoms. The summed E-state index contributed by atoms with van der Waals surface area (Å²) in [7, 11) is 0. The molecule has 3 rings (SSSR count). The second-order valence-corrected chi connectivity index (χ2v) is 6.47. The van der Waals surface area contributed by atoms with E-state index in [1.54, 1.807) is 12.1 Å². The zero-order valence-corrected chi connectivity index (χ0v) is 13.5. The summed E-state index contributed by atoms with van der Waals surface area (Å²) in [6.45, 7) is 0. The molecule has 0 saturated heterocycles. The van der Waals surface area contributed by atoms with Gasteiger partial charge in [-0.25, -0.2) is 0 Å². The Morgan fingerprint density at radius 3 is 2.86 bits per heavy atom. The molecule has 21 heavy (non-hydrogen) atoms. The number of benzene rings is 2. The molecule has 108 valence electrons. The Hall–Kier alpha value is -1.52. The largest absolute Gasteiger partial charge is 0.399 e. The molecular formula is C16H14BrClN2O. The van der Waals surface area contributed by atoms with Crippen molar-refractivity contribution in [1.29, 1.82) is 0 Å². The molecule has 1 aliphatic rings. The fourth-order valence-electron chi connectivity index (χ4n) is 2.70. The van der Waals surface area contributed by atoms with Crippen LogP contribution in [0.2, 0.25) is 5.02 Å². The van der Waals surface area contributed by atoms with Crippen LogP contribution >= 0.6 is 27.5 Å². The number of hydrogen-bond donors (Lipinski definition) is 2. The van der Waals surface area contributed by atoms with Crippen molar-refractivity contribution < 1.29 is 4.79 Å². The predicted octanol–water partition coefficient (Wildman–Crippen LogP) is 4.10. The Labute approximate surface area is 136 Å². The normalized spacial score (nSPS) is 16.6. The third kappa shape index (κ3) is 2.92. The quantitative estimate of drug-likeness (QED) is 0.787. The maximum absolute atomic E-state index is 12.4. The highest BCUT2D eigenvalue weighted by Gasteiger charge is 2.25. The number of amides is 1. The number of nitrogens with one attached hydrogen (secondary N) is 1. The third-order valence-corrected chi connectivity index (χ3v) is 4.53. The van der Waals surface area contributed by atoms with Crippen LogP contribution in [0.4, 0.5) is 5.69 Å². The number of aryl methyl sites for hydroxylation is 1. The van der Waals surface area contributed by atoms with Gasteiger partial charge in [-0.05, 0) is 54.3 Å². The van der Waals surface area contributed by atoms with Gasteiger partial charge in [0.1, 0.15) is 0 Å². The first-order chi connectivity index (χ1) is 10.0. The number of hydrogen-bond acceptors (Lipinski definition) is 2. The molecule has 0 fully saturated rings. The molecule has 2 aromatic carbocycles. The van der Waals surface area contributed by atoms with Crippen LogP contribution in [-0.4, -0.2) is 5.91 Å². The van der Waals surface area contributed by atoms with E-state index in [0.29, 0.717) is 10.6 Å². The van der Waals surface area contributed by atoms with E-state index in [9.17, 15) is 4.79 Å². The maximum atomic E-state index is 12.4. The zero-order valence-electron chi connectivity index (χ0n) is 11.2. The lowest BCUT2D eigenvalue weighted by Gasteiger charge is -2.15.